The molecule has 1 aliphatic carbocycles. The van der Waals surface area contributed by atoms with Crippen molar-refractivity contribution in [2.45, 2.75) is 26.2 Å². The molecule has 7 aromatic rings. The van der Waals surface area contributed by atoms with Crippen LogP contribution >= 0.6 is 0 Å². The molecule has 38 heavy (non-hydrogen) atoms. The predicted octanol–water partition coefficient (Wildman–Crippen LogP) is 10.5. The first-order valence-electron chi connectivity index (χ1n) is 13.5. The molecule has 0 aromatic heterocycles. The molecule has 180 valence electrons. The van der Waals surface area contributed by atoms with Crippen LogP contribution in [-0.4, -0.2) is 0 Å². The van der Waals surface area contributed by atoms with Gasteiger partial charge >= 0.3 is 0 Å². The molecule has 0 spiro atoms. The minimum Gasteiger partial charge on any atom is -0.0614 e. The van der Waals surface area contributed by atoms with Gasteiger partial charge in [-0.3, -0.25) is 0 Å². The van der Waals surface area contributed by atoms with E-state index in [1.165, 1.54) is 82.4 Å². The van der Waals surface area contributed by atoms with Crippen molar-refractivity contribution < 1.29 is 0 Å². The van der Waals surface area contributed by atoms with Gasteiger partial charge in [0.2, 0.25) is 0 Å². The third kappa shape index (κ3) is 2.92. The highest BCUT2D eigenvalue weighted by molar-refractivity contribution is 6.25. The van der Waals surface area contributed by atoms with E-state index in [0.29, 0.717) is 0 Å². The summed E-state index contributed by atoms with van der Waals surface area (Å²) in [5.41, 5.74) is 12.0. The van der Waals surface area contributed by atoms with Crippen molar-refractivity contribution >= 4 is 32.3 Å². The highest BCUT2D eigenvalue weighted by atomic mass is 14.4. The minimum atomic E-state index is -0.0652. The third-order valence-electron chi connectivity index (χ3n) is 8.87. The van der Waals surface area contributed by atoms with Crippen molar-refractivity contribution in [3.63, 3.8) is 0 Å². The molecule has 0 atom stereocenters. The first-order valence-corrected chi connectivity index (χ1v) is 13.5. The monoisotopic (exact) mass is 484 g/mol. The van der Waals surface area contributed by atoms with Gasteiger partial charge in [-0.05, 0) is 95.9 Å². The van der Waals surface area contributed by atoms with Crippen LogP contribution in [0.15, 0.2) is 115 Å². The molecule has 0 fully saturated rings. The number of hydrogen-bond donors (Lipinski definition) is 0. The van der Waals surface area contributed by atoms with E-state index in [-0.39, 0.29) is 5.41 Å². The lowest BCUT2D eigenvalue weighted by atomic mass is 9.80. The van der Waals surface area contributed by atoms with E-state index in [4.69, 9.17) is 0 Å². The predicted molar refractivity (Wildman–Crippen MR) is 163 cm³/mol. The zero-order valence-electron chi connectivity index (χ0n) is 22.0. The molecule has 0 bridgehead atoms. The van der Waals surface area contributed by atoms with Gasteiger partial charge in [-0.2, -0.15) is 0 Å². The SMILES string of the molecule is Cc1cccc(-c2ccc3c(c2)C(C)(C)c2cc(-c4ccc5ccc6cccc7ccc4c5c67)ccc2-3)c1. The molecule has 0 radical (unpaired) electrons. The Kier molecular flexibility index (Phi) is 4.30. The summed E-state index contributed by atoms with van der Waals surface area (Å²) < 4.78 is 0. The molecule has 0 heteroatoms. The van der Waals surface area contributed by atoms with Crippen molar-refractivity contribution in [2.75, 3.05) is 0 Å². The Bertz CT molecular complexity index is 2040. The fraction of sp³-hybridized carbons (Fsp3) is 0.105. The quantitative estimate of drug-likeness (QED) is 0.214. The van der Waals surface area contributed by atoms with Gasteiger partial charge in [0, 0.05) is 5.41 Å². The van der Waals surface area contributed by atoms with E-state index in [1.807, 2.05) is 0 Å². The van der Waals surface area contributed by atoms with E-state index in [2.05, 4.69) is 136 Å². The average Bonchev–Trinajstić information content (AvgIpc) is 3.17. The second-order valence-corrected chi connectivity index (χ2v) is 11.5. The topological polar surface area (TPSA) is 0 Å². The molecular weight excluding hydrogens is 456 g/mol. The fourth-order valence-corrected chi connectivity index (χ4v) is 6.90. The summed E-state index contributed by atoms with van der Waals surface area (Å²) in [5.74, 6) is 0. The molecule has 7 aromatic carbocycles. The summed E-state index contributed by atoms with van der Waals surface area (Å²) in [6.07, 6.45) is 0. The molecular formula is C38H28. The molecule has 0 N–H and O–H groups in total. The Morgan fingerprint density at radius 2 is 1.00 bits per heavy atom. The standard InChI is InChI=1S/C38H28/c1-23-6-4-9-27(20-23)28-14-17-31-32-18-15-29(22-35(32)38(2,3)34(31)21-28)30-16-12-26-11-10-24-7-5-8-25-13-19-33(30)37(26)36(24)25/h4-22H,1-3H3. The first kappa shape index (κ1) is 21.6. The zero-order valence-corrected chi connectivity index (χ0v) is 22.0. The summed E-state index contributed by atoms with van der Waals surface area (Å²) in [6, 6.07) is 43.3. The van der Waals surface area contributed by atoms with Crippen LogP contribution in [-0.2, 0) is 5.41 Å². The van der Waals surface area contributed by atoms with Crippen LogP contribution in [0.4, 0.5) is 0 Å². The Balaban J connectivity index is 1.31. The summed E-state index contributed by atoms with van der Waals surface area (Å²) in [6.45, 7) is 6.92. The van der Waals surface area contributed by atoms with Crippen LogP contribution < -0.4 is 0 Å². The van der Waals surface area contributed by atoms with Crippen LogP contribution in [0.2, 0.25) is 0 Å². The van der Waals surface area contributed by atoms with Crippen molar-refractivity contribution in [1.29, 1.82) is 0 Å². The highest BCUT2D eigenvalue weighted by Crippen LogP contribution is 2.51. The molecule has 0 aliphatic heterocycles. The van der Waals surface area contributed by atoms with Crippen LogP contribution in [0.1, 0.15) is 30.5 Å². The Labute approximate surface area is 223 Å². The van der Waals surface area contributed by atoms with E-state index < -0.39 is 0 Å². The van der Waals surface area contributed by atoms with Gasteiger partial charge in [-0.15, -0.1) is 0 Å². The zero-order chi connectivity index (χ0) is 25.6. The summed E-state index contributed by atoms with van der Waals surface area (Å²) in [5, 5.41) is 8.03. The summed E-state index contributed by atoms with van der Waals surface area (Å²) >= 11 is 0. The maximum absolute atomic E-state index is 2.45. The van der Waals surface area contributed by atoms with Crippen molar-refractivity contribution in [3.05, 3.63) is 132 Å². The van der Waals surface area contributed by atoms with Crippen LogP contribution in [0.3, 0.4) is 0 Å². The smallest absolute Gasteiger partial charge is 0.0159 e. The highest BCUT2D eigenvalue weighted by Gasteiger charge is 2.36. The molecule has 0 saturated heterocycles. The maximum atomic E-state index is 2.45. The lowest BCUT2D eigenvalue weighted by molar-refractivity contribution is 0.661. The van der Waals surface area contributed by atoms with Gasteiger partial charge in [-0.1, -0.05) is 123 Å². The molecule has 1 aliphatic rings. The van der Waals surface area contributed by atoms with Gasteiger partial charge in [0.05, 0.1) is 0 Å². The minimum absolute atomic E-state index is 0.0652. The molecule has 0 amide bonds. The summed E-state index contributed by atoms with van der Waals surface area (Å²) in [4.78, 5) is 0. The van der Waals surface area contributed by atoms with Crippen LogP contribution in [0, 0.1) is 6.92 Å². The molecule has 0 heterocycles. The number of fused-ring (bicyclic) bond motifs is 3. The van der Waals surface area contributed by atoms with Crippen molar-refractivity contribution in [3.8, 4) is 33.4 Å². The Morgan fingerprint density at radius 3 is 1.74 bits per heavy atom. The Morgan fingerprint density at radius 1 is 0.447 bits per heavy atom. The molecule has 0 nitrogen and oxygen atoms in total. The normalized spacial score (nSPS) is 13.9. The fourth-order valence-electron chi connectivity index (χ4n) is 6.90. The number of aryl methyl sites for hydroxylation is 1. The van der Waals surface area contributed by atoms with Gasteiger partial charge < -0.3 is 0 Å². The number of rotatable bonds is 2. The van der Waals surface area contributed by atoms with E-state index in [0.717, 1.165) is 0 Å². The number of hydrogen-bond acceptors (Lipinski definition) is 0. The second-order valence-electron chi connectivity index (χ2n) is 11.5. The van der Waals surface area contributed by atoms with Gasteiger partial charge in [0.15, 0.2) is 0 Å². The third-order valence-corrected chi connectivity index (χ3v) is 8.87. The van der Waals surface area contributed by atoms with Crippen molar-refractivity contribution in [1.82, 2.24) is 0 Å². The van der Waals surface area contributed by atoms with Crippen LogP contribution in [0.25, 0.3) is 65.7 Å². The van der Waals surface area contributed by atoms with E-state index in [9.17, 15) is 0 Å². The molecule has 8 rings (SSSR count). The largest absolute Gasteiger partial charge is 0.0614 e. The lowest BCUT2D eigenvalue weighted by Crippen LogP contribution is -2.15. The van der Waals surface area contributed by atoms with Crippen molar-refractivity contribution in [2.24, 2.45) is 0 Å². The maximum Gasteiger partial charge on any atom is 0.0159 e. The number of benzene rings is 7. The summed E-state index contributed by atoms with van der Waals surface area (Å²) in [7, 11) is 0. The average molecular weight is 485 g/mol. The van der Waals surface area contributed by atoms with E-state index in [1.54, 1.807) is 0 Å². The van der Waals surface area contributed by atoms with Gasteiger partial charge in [0.25, 0.3) is 0 Å². The Hall–Kier alpha value is -4.42. The molecule has 0 saturated carbocycles. The first-order chi connectivity index (χ1) is 18.5. The lowest BCUT2D eigenvalue weighted by Gasteiger charge is -2.23. The van der Waals surface area contributed by atoms with Gasteiger partial charge in [-0.25, -0.2) is 0 Å². The van der Waals surface area contributed by atoms with Gasteiger partial charge in [0.1, 0.15) is 0 Å². The molecule has 0 unspecified atom stereocenters. The van der Waals surface area contributed by atoms with Crippen LogP contribution in [0.5, 0.6) is 0 Å². The second kappa shape index (κ2) is 7.55. The van der Waals surface area contributed by atoms with E-state index >= 15 is 0 Å².